The van der Waals surface area contributed by atoms with Crippen LogP contribution in [0.5, 0.6) is 0 Å². The smallest absolute Gasteiger partial charge is 0.341 e. The summed E-state index contributed by atoms with van der Waals surface area (Å²) in [6, 6.07) is 19.0. The zero-order valence-corrected chi connectivity index (χ0v) is 26.5. The number of hydrogen-bond acceptors (Lipinski definition) is 8. The number of ether oxygens (including phenoxy) is 1. The van der Waals surface area contributed by atoms with Gasteiger partial charge in [0.1, 0.15) is 16.5 Å². The Kier molecular flexibility index (Phi) is 10.5. The Hall–Kier alpha value is -4.61. The number of anilines is 2. The molecule has 0 saturated carbocycles. The number of furan rings is 1. The second kappa shape index (κ2) is 14.9. The first kappa shape index (κ1) is 31.8. The number of carbonyl (C=O) groups excluding carboxylic acids is 4. The van der Waals surface area contributed by atoms with Crippen molar-refractivity contribution in [2.24, 2.45) is 5.92 Å². The standard InChI is InChI=1S/C34H33N3O6S2/c1-3-42-34(41)30-26-15-14-21(2)17-28(26)45-33(30)37-29(38)20-44-25-13-7-11-23(18-25)35-32(40)27(19-24-12-8-16-43-24)36-31(39)22-9-5-4-6-10-22/h4-13,16,18-19,21H,3,14-15,17,20H2,1-2H3,(H,35,40)(H,36,39)(H,37,38)/b27-19-. The fraction of sp³-hybridized carbons (Fsp3) is 0.235. The molecule has 11 heteroatoms. The third-order valence-electron chi connectivity index (χ3n) is 7.06. The molecule has 1 unspecified atom stereocenters. The lowest BCUT2D eigenvalue weighted by atomic mass is 9.88. The highest BCUT2D eigenvalue weighted by Gasteiger charge is 2.29. The number of fused-ring (bicyclic) bond motifs is 1. The van der Waals surface area contributed by atoms with Crippen molar-refractivity contribution in [3.63, 3.8) is 0 Å². The molecule has 0 radical (unpaired) electrons. The minimum atomic E-state index is -0.543. The van der Waals surface area contributed by atoms with Gasteiger partial charge in [-0.25, -0.2) is 4.79 Å². The molecule has 0 bridgehead atoms. The Labute approximate surface area is 269 Å². The van der Waals surface area contributed by atoms with Crippen LogP contribution in [0.3, 0.4) is 0 Å². The summed E-state index contributed by atoms with van der Waals surface area (Å²) in [4.78, 5) is 53.8. The summed E-state index contributed by atoms with van der Waals surface area (Å²) in [6.07, 6.45) is 5.59. The highest BCUT2D eigenvalue weighted by atomic mass is 32.2. The van der Waals surface area contributed by atoms with Crippen LogP contribution in [0.1, 0.15) is 57.2 Å². The first-order valence-electron chi connectivity index (χ1n) is 14.6. The molecule has 232 valence electrons. The lowest BCUT2D eigenvalue weighted by molar-refractivity contribution is -0.114. The molecule has 1 aliphatic carbocycles. The minimum Gasteiger partial charge on any atom is -0.465 e. The summed E-state index contributed by atoms with van der Waals surface area (Å²) in [5, 5.41) is 8.96. The first-order chi connectivity index (χ1) is 21.8. The molecule has 2 aromatic carbocycles. The Balaban J connectivity index is 1.24. The van der Waals surface area contributed by atoms with Crippen LogP contribution in [0.4, 0.5) is 10.7 Å². The van der Waals surface area contributed by atoms with Crippen molar-refractivity contribution in [1.82, 2.24) is 5.32 Å². The molecule has 3 N–H and O–H groups in total. The average molecular weight is 644 g/mol. The molecule has 1 atom stereocenters. The second-order valence-electron chi connectivity index (χ2n) is 10.5. The van der Waals surface area contributed by atoms with Crippen LogP contribution >= 0.6 is 23.1 Å². The maximum Gasteiger partial charge on any atom is 0.341 e. The van der Waals surface area contributed by atoms with Gasteiger partial charge in [-0.15, -0.1) is 23.1 Å². The van der Waals surface area contributed by atoms with E-state index in [1.54, 1.807) is 67.6 Å². The van der Waals surface area contributed by atoms with E-state index in [0.29, 0.717) is 33.5 Å². The Morgan fingerprint density at radius 1 is 1.04 bits per heavy atom. The van der Waals surface area contributed by atoms with Gasteiger partial charge in [0.25, 0.3) is 11.8 Å². The van der Waals surface area contributed by atoms with Crippen LogP contribution < -0.4 is 16.0 Å². The Bertz CT molecular complexity index is 1710. The predicted octanol–water partition coefficient (Wildman–Crippen LogP) is 6.78. The number of esters is 1. The van der Waals surface area contributed by atoms with Crippen LogP contribution in [-0.2, 0) is 27.2 Å². The SMILES string of the molecule is CCOC(=O)c1c(NC(=O)CSc2cccc(NC(=O)/C(=C/c3ccco3)NC(=O)c3ccccc3)c2)sc2c1CCC(C)C2. The molecule has 2 aromatic heterocycles. The van der Waals surface area contributed by atoms with Crippen molar-refractivity contribution in [2.45, 2.75) is 38.0 Å². The lowest BCUT2D eigenvalue weighted by Gasteiger charge is -2.18. The van der Waals surface area contributed by atoms with Gasteiger partial charge in [-0.3, -0.25) is 14.4 Å². The van der Waals surface area contributed by atoms with Crippen molar-refractivity contribution in [3.05, 3.63) is 106 Å². The van der Waals surface area contributed by atoms with Crippen molar-refractivity contribution in [3.8, 4) is 0 Å². The fourth-order valence-electron chi connectivity index (χ4n) is 4.89. The monoisotopic (exact) mass is 643 g/mol. The molecule has 1 aliphatic rings. The van der Waals surface area contributed by atoms with Crippen LogP contribution in [0.15, 0.2) is 88.0 Å². The van der Waals surface area contributed by atoms with Gasteiger partial charge in [0, 0.05) is 27.1 Å². The third-order valence-corrected chi connectivity index (χ3v) is 9.23. The predicted molar refractivity (Wildman–Crippen MR) is 176 cm³/mol. The van der Waals surface area contributed by atoms with E-state index < -0.39 is 17.8 Å². The van der Waals surface area contributed by atoms with E-state index >= 15 is 0 Å². The molecule has 45 heavy (non-hydrogen) atoms. The van der Waals surface area contributed by atoms with Gasteiger partial charge in [-0.1, -0.05) is 31.2 Å². The first-order valence-corrected chi connectivity index (χ1v) is 16.4. The van der Waals surface area contributed by atoms with Gasteiger partial charge >= 0.3 is 5.97 Å². The zero-order chi connectivity index (χ0) is 31.8. The van der Waals surface area contributed by atoms with E-state index in [4.69, 9.17) is 9.15 Å². The summed E-state index contributed by atoms with van der Waals surface area (Å²) in [7, 11) is 0. The number of rotatable bonds is 11. The summed E-state index contributed by atoms with van der Waals surface area (Å²) in [5.41, 5.74) is 2.35. The van der Waals surface area contributed by atoms with Crippen molar-refractivity contribution < 1.29 is 28.3 Å². The lowest BCUT2D eigenvalue weighted by Crippen LogP contribution is -2.30. The number of benzene rings is 2. The number of thiophene rings is 1. The molecule has 0 spiro atoms. The number of amides is 3. The summed E-state index contributed by atoms with van der Waals surface area (Å²) in [6.45, 7) is 4.21. The molecular formula is C34H33N3O6S2. The van der Waals surface area contributed by atoms with Gasteiger partial charge in [-0.2, -0.15) is 0 Å². The zero-order valence-electron chi connectivity index (χ0n) is 24.9. The van der Waals surface area contributed by atoms with E-state index in [1.165, 1.54) is 35.4 Å². The summed E-state index contributed by atoms with van der Waals surface area (Å²) in [5.74, 6) is -0.625. The number of thioether (sulfide) groups is 1. The van der Waals surface area contributed by atoms with E-state index in [0.717, 1.165) is 34.6 Å². The molecule has 2 heterocycles. The molecule has 0 fully saturated rings. The highest BCUT2D eigenvalue weighted by Crippen LogP contribution is 2.40. The quantitative estimate of drug-likeness (QED) is 0.0934. The van der Waals surface area contributed by atoms with Crippen LogP contribution in [0.25, 0.3) is 6.08 Å². The molecule has 5 rings (SSSR count). The second-order valence-corrected chi connectivity index (χ2v) is 12.6. The van der Waals surface area contributed by atoms with Crippen LogP contribution in [0.2, 0.25) is 0 Å². The van der Waals surface area contributed by atoms with Gasteiger partial charge in [0.15, 0.2) is 0 Å². The van der Waals surface area contributed by atoms with Crippen LogP contribution in [0, 0.1) is 5.92 Å². The molecule has 4 aromatic rings. The summed E-state index contributed by atoms with van der Waals surface area (Å²) < 4.78 is 10.7. The normalized spacial score (nSPS) is 14.3. The number of hydrogen-bond donors (Lipinski definition) is 3. The molecule has 9 nitrogen and oxygen atoms in total. The number of nitrogens with one attached hydrogen (secondary N) is 3. The van der Waals surface area contributed by atoms with Crippen molar-refractivity contribution >= 4 is 63.6 Å². The van der Waals surface area contributed by atoms with E-state index in [9.17, 15) is 19.2 Å². The average Bonchev–Trinajstić information content (AvgIpc) is 3.67. The van der Waals surface area contributed by atoms with Crippen molar-refractivity contribution in [2.75, 3.05) is 23.0 Å². The third kappa shape index (κ3) is 8.31. The molecular weight excluding hydrogens is 611 g/mol. The number of carbonyl (C=O) groups is 4. The van der Waals surface area contributed by atoms with Crippen molar-refractivity contribution in [1.29, 1.82) is 0 Å². The van der Waals surface area contributed by atoms with E-state index in [2.05, 4.69) is 22.9 Å². The van der Waals surface area contributed by atoms with Crippen LogP contribution in [-0.4, -0.2) is 36.1 Å². The maximum atomic E-state index is 13.3. The maximum absolute atomic E-state index is 13.3. The van der Waals surface area contributed by atoms with Gasteiger partial charge < -0.3 is 25.1 Å². The Morgan fingerprint density at radius 3 is 2.62 bits per heavy atom. The molecule has 3 amide bonds. The summed E-state index contributed by atoms with van der Waals surface area (Å²) >= 11 is 2.75. The largest absolute Gasteiger partial charge is 0.465 e. The van der Waals surface area contributed by atoms with Gasteiger partial charge in [-0.05, 0) is 80.1 Å². The van der Waals surface area contributed by atoms with E-state index in [1.807, 2.05) is 6.07 Å². The molecule has 0 aliphatic heterocycles. The molecule has 0 saturated heterocycles. The minimum absolute atomic E-state index is 0.00156. The topological polar surface area (TPSA) is 127 Å². The van der Waals surface area contributed by atoms with E-state index in [-0.39, 0.29) is 24.0 Å². The van der Waals surface area contributed by atoms with Gasteiger partial charge in [0.05, 0.1) is 24.2 Å². The Morgan fingerprint density at radius 2 is 1.87 bits per heavy atom. The highest BCUT2D eigenvalue weighted by molar-refractivity contribution is 8.00. The fourth-order valence-corrected chi connectivity index (χ4v) is 7.06. The van der Waals surface area contributed by atoms with Gasteiger partial charge in [0.2, 0.25) is 5.91 Å².